The predicted octanol–water partition coefficient (Wildman–Crippen LogP) is 3.52. The molecule has 0 fully saturated rings. The van der Waals surface area contributed by atoms with E-state index in [-0.39, 0.29) is 11.4 Å². The van der Waals surface area contributed by atoms with Gasteiger partial charge in [-0.15, -0.1) is 13.2 Å². The van der Waals surface area contributed by atoms with E-state index in [9.17, 15) is 18.0 Å². The number of rotatable bonds is 2. The highest BCUT2D eigenvalue weighted by atomic mass is 19.4. The quantitative estimate of drug-likeness (QED) is 0.629. The third-order valence-electron chi connectivity index (χ3n) is 2.53. The van der Waals surface area contributed by atoms with Gasteiger partial charge in [0.1, 0.15) is 11.4 Å². The molecular formula is C16H10F3NO2. The van der Waals surface area contributed by atoms with E-state index >= 15 is 0 Å². The minimum absolute atomic E-state index is 0.226. The summed E-state index contributed by atoms with van der Waals surface area (Å²) >= 11 is 0. The van der Waals surface area contributed by atoms with Gasteiger partial charge in [0.25, 0.3) is 5.78 Å². The number of nitrogens with zero attached hydrogens (tertiary/aromatic N) is 1. The fraction of sp³-hybridized carbons (Fsp3) is 0.125. The first-order valence-electron chi connectivity index (χ1n) is 6.19. The first-order chi connectivity index (χ1) is 10.3. The van der Waals surface area contributed by atoms with Crippen molar-refractivity contribution in [1.29, 1.82) is 0 Å². The summed E-state index contributed by atoms with van der Waals surface area (Å²) in [6.07, 6.45) is -4.74. The summed E-state index contributed by atoms with van der Waals surface area (Å²) in [5.74, 6) is 4.17. The summed E-state index contributed by atoms with van der Waals surface area (Å²) in [7, 11) is 0. The zero-order valence-electron chi connectivity index (χ0n) is 11.4. The minimum atomic E-state index is -4.74. The lowest BCUT2D eigenvalue weighted by Crippen LogP contribution is -2.16. The van der Waals surface area contributed by atoms with Gasteiger partial charge in [-0.1, -0.05) is 12.0 Å². The van der Waals surface area contributed by atoms with Crippen LogP contribution in [0.15, 0.2) is 42.5 Å². The predicted molar refractivity (Wildman–Crippen MR) is 73.3 cm³/mol. The number of alkyl halides is 3. The van der Waals surface area contributed by atoms with Crippen LogP contribution < -0.4 is 4.74 Å². The van der Waals surface area contributed by atoms with Gasteiger partial charge < -0.3 is 4.74 Å². The molecule has 1 aromatic carbocycles. The number of ketones is 1. The SMILES string of the molecule is Cc1cccc(C(=O)C#Cc2ccc(OC(F)(F)F)cc2)n1. The van der Waals surface area contributed by atoms with Crippen molar-refractivity contribution in [3.05, 3.63) is 59.4 Å². The second-order valence-electron chi connectivity index (χ2n) is 4.32. The normalized spacial score (nSPS) is 10.5. The van der Waals surface area contributed by atoms with Gasteiger partial charge in [0, 0.05) is 11.3 Å². The molecule has 0 unspecified atom stereocenters. The van der Waals surface area contributed by atoms with Crippen molar-refractivity contribution in [1.82, 2.24) is 4.98 Å². The zero-order valence-corrected chi connectivity index (χ0v) is 11.4. The smallest absolute Gasteiger partial charge is 0.406 e. The molecule has 6 heteroatoms. The molecule has 2 rings (SSSR count). The van der Waals surface area contributed by atoms with Crippen LogP contribution in [-0.2, 0) is 0 Å². The van der Waals surface area contributed by atoms with E-state index in [1.54, 1.807) is 25.1 Å². The van der Waals surface area contributed by atoms with Crippen LogP contribution in [0.4, 0.5) is 13.2 Å². The number of Topliss-reactive ketones (excluding diaryl/α,β-unsaturated/α-hetero) is 1. The van der Waals surface area contributed by atoms with Gasteiger partial charge in [0.05, 0.1) is 0 Å². The van der Waals surface area contributed by atoms with Crippen molar-refractivity contribution in [3.63, 3.8) is 0 Å². The standard InChI is InChI=1S/C16H10F3NO2/c1-11-3-2-4-14(20-11)15(21)10-7-12-5-8-13(9-6-12)22-16(17,18)19/h2-6,8-9H,1H3. The molecule has 0 atom stereocenters. The van der Waals surface area contributed by atoms with Crippen LogP contribution in [-0.4, -0.2) is 17.1 Å². The number of benzene rings is 1. The van der Waals surface area contributed by atoms with E-state index in [1.165, 1.54) is 12.1 Å². The number of hydrogen-bond acceptors (Lipinski definition) is 3. The van der Waals surface area contributed by atoms with E-state index < -0.39 is 12.1 Å². The van der Waals surface area contributed by atoms with Gasteiger partial charge in [-0.05, 0) is 49.2 Å². The Morgan fingerprint density at radius 2 is 1.82 bits per heavy atom. The van der Waals surface area contributed by atoms with Crippen LogP contribution >= 0.6 is 0 Å². The second kappa shape index (κ2) is 6.31. The average Bonchev–Trinajstić information content (AvgIpc) is 2.44. The molecule has 0 saturated heterocycles. The molecule has 0 bridgehead atoms. The summed E-state index contributed by atoms with van der Waals surface area (Å²) in [5, 5.41) is 0. The van der Waals surface area contributed by atoms with Crippen LogP contribution in [0.2, 0.25) is 0 Å². The Bertz CT molecular complexity index is 740. The molecule has 112 valence electrons. The van der Waals surface area contributed by atoms with Gasteiger partial charge in [0.15, 0.2) is 0 Å². The molecule has 3 nitrogen and oxygen atoms in total. The number of carbonyl (C=O) groups excluding carboxylic acids is 1. The molecule has 2 aromatic rings. The first-order valence-corrected chi connectivity index (χ1v) is 6.19. The molecule has 0 amide bonds. The molecule has 0 spiro atoms. The van der Waals surface area contributed by atoms with Crippen molar-refractivity contribution in [3.8, 4) is 17.6 Å². The summed E-state index contributed by atoms with van der Waals surface area (Å²) in [5.41, 5.74) is 1.32. The van der Waals surface area contributed by atoms with Gasteiger partial charge in [-0.2, -0.15) is 0 Å². The van der Waals surface area contributed by atoms with E-state index in [4.69, 9.17) is 0 Å². The lowest BCUT2D eigenvalue weighted by atomic mass is 10.2. The van der Waals surface area contributed by atoms with Gasteiger partial charge in [0.2, 0.25) is 0 Å². The Balaban J connectivity index is 2.10. The fourth-order valence-electron chi connectivity index (χ4n) is 1.60. The molecule has 1 heterocycles. The van der Waals surface area contributed by atoms with Crippen molar-refractivity contribution in [2.75, 3.05) is 0 Å². The van der Waals surface area contributed by atoms with E-state index in [0.29, 0.717) is 11.3 Å². The largest absolute Gasteiger partial charge is 0.573 e. The molecule has 1 aromatic heterocycles. The van der Waals surface area contributed by atoms with E-state index in [2.05, 4.69) is 21.6 Å². The molecule has 0 aliphatic carbocycles. The minimum Gasteiger partial charge on any atom is -0.406 e. The third-order valence-corrected chi connectivity index (χ3v) is 2.53. The molecule has 0 N–H and O–H groups in total. The number of aryl methyl sites for hydroxylation is 1. The molecular weight excluding hydrogens is 295 g/mol. The Labute approximate surface area is 124 Å². The van der Waals surface area contributed by atoms with Crippen LogP contribution in [0.3, 0.4) is 0 Å². The number of hydrogen-bond donors (Lipinski definition) is 0. The van der Waals surface area contributed by atoms with Crippen LogP contribution in [0.5, 0.6) is 5.75 Å². The molecule has 22 heavy (non-hydrogen) atoms. The number of halogens is 3. The average molecular weight is 305 g/mol. The zero-order chi connectivity index (χ0) is 16.2. The Morgan fingerprint density at radius 3 is 2.41 bits per heavy atom. The van der Waals surface area contributed by atoms with Crippen molar-refractivity contribution < 1.29 is 22.7 Å². The summed E-state index contributed by atoms with van der Waals surface area (Å²) in [4.78, 5) is 15.9. The van der Waals surface area contributed by atoms with Crippen LogP contribution in [0.1, 0.15) is 21.7 Å². The van der Waals surface area contributed by atoms with Gasteiger partial charge in [-0.3, -0.25) is 4.79 Å². The van der Waals surface area contributed by atoms with Gasteiger partial charge in [-0.25, -0.2) is 4.98 Å². The second-order valence-corrected chi connectivity index (χ2v) is 4.32. The number of pyridine rings is 1. The fourth-order valence-corrected chi connectivity index (χ4v) is 1.60. The van der Waals surface area contributed by atoms with Crippen molar-refractivity contribution >= 4 is 5.78 Å². The maximum absolute atomic E-state index is 12.0. The highest BCUT2D eigenvalue weighted by molar-refractivity contribution is 6.08. The topological polar surface area (TPSA) is 39.2 Å². The highest BCUT2D eigenvalue weighted by Gasteiger charge is 2.30. The Morgan fingerprint density at radius 1 is 1.14 bits per heavy atom. The molecule has 0 aliphatic heterocycles. The molecule has 0 aliphatic rings. The highest BCUT2D eigenvalue weighted by Crippen LogP contribution is 2.22. The van der Waals surface area contributed by atoms with Crippen LogP contribution in [0, 0.1) is 18.8 Å². The maximum atomic E-state index is 12.0. The monoisotopic (exact) mass is 305 g/mol. The van der Waals surface area contributed by atoms with Crippen LogP contribution in [0.25, 0.3) is 0 Å². The summed E-state index contributed by atoms with van der Waals surface area (Å²) in [6, 6.07) is 9.93. The van der Waals surface area contributed by atoms with E-state index in [1.807, 2.05) is 0 Å². The molecule has 0 radical (unpaired) electrons. The maximum Gasteiger partial charge on any atom is 0.573 e. The van der Waals surface area contributed by atoms with E-state index in [0.717, 1.165) is 12.1 Å². The Kier molecular flexibility index (Phi) is 4.47. The third kappa shape index (κ3) is 4.63. The Hall–Kier alpha value is -2.81. The van der Waals surface area contributed by atoms with Gasteiger partial charge >= 0.3 is 6.36 Å². The number of carbonyl (C=O) groups is 1. The number of aromatic nitrogens is 1. The van der Waals surface area contributed by atoms with Crippen molar-refractivity contribution in [2.45, 2.75) is 13.3 Å². The summed E-state index contributed by atoms with van der Waals surface area (Å²) < 4.78 is 39.8. The van der Waals surface area contributed by atoms with Crippen molar-refractivity contribution in [2.24, 2.45) is 0 Å². The lowest BCUT2D eigenvalue weighted by molar-refractivity contribution is -0.274. The summed E-state index contributed by atoms with van der Waals surface area (Å²) in [6.45, 7) is 1.75. The lowest BCUT2D eigenvalue weighted by Gasteiger charge is -2.07. The first kappa shape index (κ1) is 15.6. The number of ether oxygens (including phenoxy) is 1. The molecule has 0 saturated carbocycles.